The summed E-state index contributed by atoms with van der Waals surface area (Å²) in [5.74, 6) is 0.739. The minimum Gasteiger partial charge on any atom is -0.397 e. The predicted octanol–water partition coefficient (Wildman–Crippen LogP) is 2.98. The van der Waals surface area contributed by atoms with E-state index in [1.807, 2.05) is 0 Å². The maximum atomic E-state index is 12.1. The lowest BCUT2D eigenvalue weighted by molar-refractivity contribution is -0.117. The molecule has 20 heavy (non-hydrogen) atoms. The number of nitrogens with one attached hydrogen (secondary N) is 1. The first-order valence-electron chi connectivity index (χ1n) is 7.15. The molecule has 0 aliphatic heterocycles. The molecule has 0 spiro atoms. The minimum absolute atomic E-state index is 0.0276. The Labute approximate surface area is 125 Å². The Morgan fingerprint density at radius 3 is 2.80 bits per heavy atom. The fourth-order valence-corrected chi connectivity index (χ4v) is 2.57. The van der Waals surface area contributed by atoms with Crippen LogP contribution in [0, 0.1) is 5.92 Å². The fourth-order valence-electron chi connectivity index (χ4n) is 2.39. The van der Waals surface area contributed by atoms with Crippen molar-refractivity contribution in [1.82, 2.24) is 4.90 Å². The van der Waals surface area contributed by atoms with Gasteiger partial charge in [-0.15, -0.1) is 0 Å². The lowest BCUT2D eigenvalue weighted by Crippen LogP contribution is -2.38. The lowest BCUT2D eigenvalue weighted by atomic mass is 9.85. The highest BCUT2D eigenvalue weighted by Crippen LogP contribution is 2.27. The van der Waals surface area contributed by atoms with Crippen molar-refractivity contribution in [3.05, 3.63) is 23.2 Å². The summed E-state index contributed by atoms with van der Waals surface area (Å²) in [6, 6.07) is 5.10. The number of carbonyl (C=O) groups is 1. The summed E-state index contributed by atoms with van der Waals surface area (Å²) in [5, 5.41) is 3.42. The second-order valence-corrected chi connectivity index (χ2v) is 5.84. The maximum absolute atomic E-state index is 12.1. The number of amides is 1. The first-order chi connectivity index (χ1) is 9.58. The van der Waals surface area contributed by atoms with E-state index in [9.17, 15) is 4.79 Å². The number of nitrogens with zero attached hydrogens (tertiary/aromatic N) is 1. The molecular weight excluding hydrogens is 274 g/mol. The molecule has 5 heteroatoms. The van der Waals surface area contributed by atoms with Gasteiger partial charge in [-0.2, -0.15) is 0 Å². The van der Waals surface area contributed by atoms with Crippen molar-refractivity contribution in [1.29, 1.82) is 0 Å². The van der Waals surface area contributed by atoms with Crippen LogP contribution < -0.4 is 11.1 Å². The van der Waals surface area contributed by atoms with Crippen LogP contribution in [0.25, 0.3) is 0 Å². The van der Waals surface area contributed by atoms with Gasteiger partial charge in [0.2, 0.25) is 5.91 Å². The van der Waals surface area contributed by atoms with Gasteiger partial charge >= 0.3 is 0 Å². The second kappa shape index (κ2) is 6.95. The Morgan fingerprint density at radius 2 is 2.25 bits per heavy atom. The summed E-state index contributed by atoms with van der Waals surface area (Å²) < 4.78 is 0. The van der Waals surface area contributed by atoms with Crippen molar-refractivity contribution in [2.24, 2.45) is 5.92 Å². The number of hydrogen-bond donors (Lipinski definition) is 2. The maximum Gasteiger partial charge on any atom is 0.238 e. The molecule has 1 aliphatic rings. The average molecular weight is 296 g/mol. The number of halogens is 1. The van der Waals surface area contributed by atoms with Gasteiger partial charge in [0.1, 0.15) is 0 Å². The Balaban J connectivity index is 1.86. The number of rotatable bonds is 6. The van der Waals surface area contributed by atoms with Gasteiger partial charge in [0.05, 0.1) is 17.9 Å². The third-order valence-electron chi connectivity index (χ3n) is 3.84. The van der Waals surface area contributed by atoms with E-state index in [-0.39, 0.29) is 5.91 Å². The van der Waals surface area contributed by atoms with Gasteiger partial charge in [-0.1, -0.05) is 24.9 Å². The Kier molecular flexibility index (Phi) is 5.26. The molecule has 4 nitrogen and oxygen atoms in total. The molecule has 0 unspecified atom stereocenters. The van der Waals surface area contributed by atoms with E-state index in [0.717, 1.165) is 19.0 Å². The van der Waals surface area contributed by atoms with Crippen molar-refractivity contribution < 1.29 is 4.79 Å². The van der Waals surface area contributed by atoms with E-state index in [2.05, 4.69) is 17.1 Å². The SMILES string of the molecule is CCN(CC(=O)Nc1ccc(Cl)cc1N)CC1CCC1. The van der Waals surface area contributed by atoms with E-state index < -0.39 is 0 Å². The Hall–Kier alpha value is -1.26. The Morgan fingerprint density at radius 1 is 1.50 bits per heavy atom. The van der Waals surface area contributed by atoms with Crippen LogP contribution in [0.15, 0.2) is 18.2 Å². The van der Waals surface area contributed by atoms with Gasteiger partial charge in [-0.3, -0.25) is 9.69 Å². The molecule has 0 atom stereocenters. The first kappa shape index (κ1) is 15.1. The average Bonchev–Trinajstić information content (AvgIpc) is 2.35. The molecule has 0 bridgehead atoms. The molecule has 1 aliphatic carbocycles. The first-order valence-corrected chi connectivity index (χ1v) is 7.53. The number of nitrogens with two attached hydrogens (primary N) is 1. The fraction of sp³-hybridized carbons (Fsp3) is 0.533. The van der Waals surface area contributed by atoms with E-state index in [1.54, 1.807) is 18.2 Å². The van der Waals surface area contributed by atoms with E-state index in [0.29, 0.717) is 22.9 Å². The van der Waals surface area contributed by atoms with Crippen LogP contribution in [0.5, 0.6) is 0 Å². The largest absolute Gasteiger partial charge is 0.397 e. The standard InChI is InChI=1S/C15H22ClN3O/c1-2-19(9-11-4-3-5-11)10-15(20)18-14-7-6-12(16)8-13(14)17/h6-8,11H,2-5,9-10,17H2,1H3,(H,18,20). The number of hydrogen-bond acceptors (Lipinski definition) is 3. The molecular formula is C15H22ClN3O. The highest BCUT2D eigenvalue weighted by Gasteiger charge is 2.21. The molecule has 0 aromatic heterocycles. The molecule has 1 amide bonds. The third kappa shape index (κ3) is 4.12. The summed E-state index contributed by atoms with van der Waals surface area (Å²) >= 11 is 5.84. The van der Waals surface area contributed by atoms with Crippen LogP contribution in [0.4, 0.5) is 11.4 Å². The monoisotopic (exact) mass is 295 g/mol. The molecule has 1 saturated carbocycles. The second-order valence-electron chi connectivity index (χ2n) is 5.40. The quantitative estimate of drug-likeness (QED) is 0.793. The number of carbonyl (C=O) groups excluding carboxylic acids is 1. The number of benzene rings is 1. The van der Waals surface area contributed by atoms with Gasteiger partial charge < -0.3 is 11.1 Å². The van der Waals surface area contributed by atoms with Crippen molar-refractivity contribution >= 4 is 28.9 Å². The molecule has 110 valence electrons. The van der Waals surface area contributed by atoms with Crippen molar-refractivity contribution in [3.63, 3.8) is 0 Å². The zero-order valence-corrected chi connectivity index (χ0v) is 12.6. The predicted molar refractivity (Wildman–Crippen MR) is 83.9 cm³/mol. The highest BCUT2D eigenvalue weighted by atomic mass is 35.5. The molecule has 1 aromatic rings. The lowest BCUT2D eigenvalue weighted by Gasteiger charge is -2.31. The molecule has 2 rings (SSSR count). The van der Waals surface area contributed by atoms with Gasteiger partial charge in [0.15, 0.2) is 0 Å². The van der Waals surface area contributed by atoms with Crippen LogP contribution in [0.3, 0.4) is 0 Å². The van der Waals surface area contributed by atoms with Gasteiger partial charge in [0, 0.05) is 11.6 Å². The minimum atomic E-state index is -0.0276. The van der Waals surface area contributed by atoms with E-state index in [4.69, 9.17) is 17.3 Å². The number of anilines is 2. The zero-order valence-electron chi connectivity index (χ0n) is 11.9. The summed E-state index contributed by atoms with van der Waals surface area (Å²) in [5.41, 5.74) is 6.95. The number of likely N-dealkylation sites (N-methyl/N-ethyl adjacent to an activating group) is 1. The van der Waals surface area contributed by atoms with Crippen LogP contribution in [0.2, 0.25) is 5.02 Å². The summed E-state index contributed by atoms with van der Waals surface area (Å²) in [7, 11) is 0. The van der Waals surface area contributed by atoms with Gasteiger partial charge in [-0.25, -0.2) is 0 Å². The van der Waals surface area contributed by atoms with Gasteiger partial charge in [-0.05, 0) is 43.5 Å². The summed E-state index contributed by atoms with van der Waals surface area (Å²) in [4.78, 5) is 14.3. The van der Waals surface area contributed by atoms with Crippen LogP contribution >= 0.6 is 11.6 Å². The number of nitrogen functional groups attached to an aromatic ring is 1. The highest BCUT2D eigenvalue weighted by molar-refractivity contribution is 6.31. The molecule has 1 fully saturated rings. The normalized spacial score (nSPS) is 15.2. The van der Waals surface area contributed by atoms with Gasteiger partial charge in [0.25, 0.3) is 0 Å². The summed E-state index contributed by atoms with van der Waals surface area (Å²) in [6.07, 6.45) is 3.92. The van der Waals surface area contributed by atoms with Crippen molar-refractivity contribution in [2.45, 2.75) is 26.2 Å². The molecule has 0 saturated heterocycles. The van der Waals surface area contributed by atoms with E-state index >= 15 is 0 Å². The molecule has 0 radical (unpaired) electrons. The smallest absolute Gasteiger partial charge is 0.238 e. The zero-order chi connectivity index (χ0) is 14.5. The third-order valence-corrected chi connectivity index (χ3v) is 4.08. The van der Waals surface area contributed by atoms with E-state index in [1.165, 1.54) is 19.3 Å². The van der Waals surface area contributed by atoms with Crippen molar-refractivity contribution in [2.75, 3.05) is 30.7 Å². The molecule has 3 N–H and O–H groups in total. The van der Waals surface area contributed by atoms with Crippen molar-refractivity contribution in [3.8, 4) is 0 Å². The van der Waals surface area contributed by atoms with Crippen LogP contribution in [-0.4, -0.2) is 30.4 Å². The topological polar surface area (TPSA) is 58.4 Å². The molecule has 0 heterocycles. The Bertz CT molecular complexity index is 474. The summed E-state index contributed by atoms with van der Waals surface area (Å²) in [6.45, 7) is 4.40. The molecule has 1 aromatic carbocycles. The van der Waals surface area contributed by atoms with Crippen LogP contribution in [0.1, 0.15) is 26.2 Å². The van der Waals surface area contributed by atoms with Crippen LogP contribution in [-0.2, 0) is 4.79 Å².